The van der Waals surface area contributed by atoms with Crippen LogP contribution in [0.5, 0.6) is 0 Å². The fraction of sp³-hybridized carbons (Fsp3) is 0. The number of nitrogens with zero attached hydrogens (tertiary/aromatic N) is 3. The van der Waals surface area contributed by atoms with Crippen molar-refractivity contribution in [3.63, 3.8) is 0 Å². The highest BCUT2D eigenvalue weighted by Crippen LogP contribution is 2.51. The Morgan fingerprint density at radius 1 is 0.302 bits per heavy atom. The molecule has 4 aromatic heterocycles. The molecule has 0 amide bonds. The molecule has 0 atom stereocenters. The van der Waals surface area contributed by atoms with Gasteiger partial charge in [0.25, 0.3) is 0 Å². The Kier molecular flexibility index (Phi) is 5.11. The molecule has 0 bridgehead atoms. The van der Waals surface area contributed by atoms with Crippen molar-refractivity contribution in [2.24, 2.45) is 0 Å². The number of hydrogen-bond donors (Lipinski definition) is 0. The highest BCUT2D eigenvalue weighted by molar-refractivity contribution is 6.40. The molecule has 0 fully saturated rings. The van der Waals surface area contributed by atoms with Crippen molar-refractivity contribution in [2.45, 2.75) is 0 Å². The minimum atomic E-state index is 1.13. The normalized spacial score (nSPS) is 12.5. The average Bonchev–Trinajstić information content (AvgIpc) is 3.94. The van der Waals surface area contributed by atoms with E-state index in [0.29, 0.717) is 0 Å². The van der Waals surface area contributed by atoms with E-state index >= 15 is 0 Å². The molecule has 244 valence electrons. The molecule has 3 nitrogen and oxygen atoms in total. The molecule has 13 rings (SSSR count). The van der Waals surface area contributed by atoms with Crippen LogP contribution in [0.25, 0.3) is 97.7 Å². The van der Waals surface area contributed by atoms with Crippen LogP contribution in [0.3, 0.4) is 0 Å². The Bertz CT molecular complexity index is 3570. The van der Waals surface area contributed by atoms with Crippen molar-refractivity contribution >= 4 is 115 Å². The topological polar surface area (TPSA) is 12.1 Å². The molecule has 0 aliphatic rings. The number of aromatic nitrogens is 2. The molecule has 3 heteroatoms. The number of fused-ring (bicyclic) bond motifs is 17. The molecule has 9 aromatic carbocycles. The minimum Gasteiger partial charge on any atom is -0.308 e. The van der Waals surface area contributed by atoms with Gasteiger partial charge in [-0.1, -0.05) is 115 Å². The van der Waals surface area contributed by atoms with E-state index in [9.17, 15) is 0 Å². The van der Waals surface area contributed by atoms with Crippen molar-refractivity contribution in [1.29, 1.82) is 0 Å². The van der Waals surface area contributed by atoms with Crippen molar-refractivity contribution < 1.29 is 0 Å². The third-order valence-corrected chi connectivity index (χ3v) is 11.9. The molecule has 0 radical (unpaired) electrons. The standard InChI is InChI=1S/C50H29N3/c1-3-16-32(17-4-1)51(33-18-5-2-6-19-33)43-25-13-23-37-45-35-21-10-8-15-31(35)29-39-47-42(53(48(37)43)50(39)45)27-26-41-46(47)38-28-30-14-7-9-20-34(30)44-36-22-11-12-24-40(36)52(41)49(38)44/h1-29H. The summed E-state index contributed by atoms with van der Waals surface area (Å²) in [5, 5.41) is 15.6. The Morgan fingerprint density at radius 2 is 0.792 bits per heavy atom. The lowest BCUT2D eigenvalue weighted by Gasteiger charge is -2.26. The maximum atomic E-state index is 2.58. The smallest absolute Gasteiger partial charge is 0.0783 e. The second kappa shape index (κ2) is 9.81. The van der Waals surface area contributed by atoms with Crippen LogP contribution in [-0.2, 0) is 0 Å². The Balaban J connectivity index is 1.29. The summed E-state index contributed by atoms with van der Waals surface area (Å²) in [5.74, 6) is 0. The number of rotatable bonds is 3. The molecule has 53 heavy (non-hydrogen) atoms. The van der Waals surface area contributed by atoms with Crippen molar-refractivity contribution in [2.75, 3.05) is 4.90 Å². The second-order valence-electron chi connectivity index (χ2n) is 14.5. The van der Waals surface area contributed by atoms with Crippen LogP contribution in [0.1, 0.15) is 0 Å². The zero-order valence-electron chi connectivity index (χ0n) is 28.6. The molecule has 0 saturated carbocycles. The van der Waals surface area contributed by atoms with Crippen molar-refractivity contribution in [3.05, 3.63) is 176 Å². The monoisotopic (exact) mass is 671 g/mol. The third-order valence-electron chi connectivity index (χ3n) is 11.9. The first-order valence-electron chi connectivity index (χ1n) is 18.4. The predicted octanol–water partition coefficient (Wildman–Crippen LogP) is 13.8. The first-order chi connectivity index (χ1) is 26.3. The van der Waals surface area contributed by atoms with E-state index in [4.69, 9.17) is 0 Å². The molecule has 0 spiro atoms. The van der Waals surface area contributed by atoms with E-state index in [1.807, 2.05) is 0 Å². The van der Waals surface area contributed by atoms with Gasteiger partial charge in [-0.25, -0.2) is 0 Å². The van der Waals surface area contributed by atoms with Gasteiger partial charge in [0.15, 0.2) is 0 Å². The zero-order chi connectivity index (χ0) is 34.4. The van der Waals surface area contributed by atoms with E-state index in [1.54, 1.807) is 0 Å². The molecule has 4 heterocycles. The van der Waals surface area contributed by atoms with Crippen LogP contribution in [-0.4, -0.2) is 8.80 Å². The van der Waals surface area contributed by atoms with Crippen LogP contribution in [0.2, 0.25) is 0 Å². The summed E-state index contributed by atoms with van der Waals surface area (Å²) in [5.41, 5.74) is 11.0. The van der Waals surface area contributed by atoms with Crippen molar-refractivity contribution in [1.82, 2.24) is 8.80 Å². The van der Waals surface area contributed by atoms with Gasteiger partial charge in [-0.2, -0.15) is 0 Å². The summed E-state index contributed by atoms with van der Waals surface area (Å²) in [6, 6.07) is 64.9. The maximum Gasteiger partial charge on any atom is 0.0783 e. The molecular formula is C50H29N3. The first kappa shape index (κ1) is 27.6. The number of anilines is 3. The highest BCUT2D eigenvalue weighted by atomic mass is 15.2. The van der Waals surface area contributed by atoms with Gasteiger partial charge in [0.1, 0.15) is 0 Å². The van der Waals surface area contributed by atoms with Gasteiger partial charge in [-0.05, 0) is 82.2 Å². The van der Waals surface area contributed by atoms with Gasteiger partial charge >= 0.3 is 0 Å². The van der Waals surface area contributed by atoms with Crippen LogP contribution < -0.4 is 4.90 Å². The van der Waals surface area contributed by atoms with Gasteiger partial charge in [0, 0.05) is 54.5 Å². The van der Waals surface area contributed by atoms with Gasteiger partial charge in [-0.15, -0.1) is 0 Å². The summed E-state index contributed by atoms with van der Waals surface area (Å²) < 4.78 is 5.12. The van der Waals surface area contributed by atoms with Crippen molar-refractivity contribution in [3.8, 4) is 0 Å². The minimum absolute atomic E-state index is 1.13. The van der Waals surface area contributed by atoms with Gasteiger partial charge in [-0.3, -0.25) is 0 Å². The Labute approximate surface area is 303 Å². The van der Waals surface area contributed by atoms with E-state index in [2.05, 4.69) is 190 Å². The summed E-state index contributed by atoms with van der Waals surface area (Å²) >= 11 is 0. The van der Waals surface area contributed by atoms with Crippen LogP contribution in [0, 0.1) is 0 Å². The van der Waals surface area contributed by atoms with Gasteiger partial charge in [0.05, 0.1) is 38.8 Å². The Morgan fingerprint density at radius 3 is 1.43 bits per heavy atom. The van der Waals surface area contributed by atoms with Gasteiger partial charge < -0.3 is 13.7 Å². The largest absolute Gasteiger partial charge is 0.308 e. The molecule has 0 aliphatic heterocycles. The summed E-state index contributed by atoms with van der Waals surface area (Å²) in [4.78, 5) is 2.42. The SMILES string of the molecule is c1ccc(N(c2ccccc2)c2cccc3c4c5ccccc5cc5c6c7c8cc9ccccc9c9c%10ccccc%10n(c7ccc6n(c23)c54)c89)cc1. The first-order valence-corrected chi connectivity index (χ1v) is 18.4. The molecule has 0 unspecified atom stereocenters. The molecule has 0 aliphatic carbocycles. The maximum absolute atomic E-state index is 2.58. The quantitative estimate of drug-likeness (QED) is 0.182. The summed E-state index contributed by atoms with van der Waals surface area (Å²) in [6.45, 7) is 0. The van der Waals surface area contributed by atoms with Crippen LogP contribution >= 0.6 is 0 Å². The lowest BCUT2D eigenvalue weighted by molar-refractivity contribution is 1.27. The highest BCUT2D eigenvalue weighted by Gasteiger charge is 2.28. The van der Waals surface area contributed by atoms with E-state index < -0.39 is 0 Å². The van der Waals surface area contributed by atoms with Crippen LogP contribution in [0.15, 0.2) is 176 Å². The number of hydrogen-bond acceptors (Lipinski definition) is 1. The molecule has 0 saturated heterocycles. The lowest BCUT2D eigenvalue weighted by atomic mass is 9.96. The Hall–Kier alpha value is -7.10. The molecule has 0 N–H and O–H groups in total. The number of benzene rings is 9. The fourth-order valence-electron chi connectivity index (χ4n) is 9.90. The van der Waals surface area contributed by atoms with E-state index in [0.717, 1.165) is 17.1 Å². The zero-order valence-corrected chi connectivity index (χ0v) is 28.6. The lowest BCUT2D eigenvalue weighted by Crippen LogP contribution is -2.10. The fourth-order valence-corrected chi connectivity index (χ4v) is 9.90. The summed E-state index contributed by atoms with van der Waals surface area (Å²) in [7, 11) is 0. The predicted molar refractivity (Wildman–Crippen MR) is 225 cm³/mol. The van der Waals surface area contributed by atoms with E-state index in [1.165, 1.54) is 97.7 Å². The van der Waals surface area contributed by atoms with Crippen LogP contribution in [0.4, 0.5) is 17.1 Å². The summed E-state index contributed by atoms with van der Waals surface area (Å²) in [6.07, 6.45) is 0. The molecule has 13 aromatic rings. The van der Waals surface area contributed by atoms with Gasteiger partial charge in [0.2, 0.25) is 0 Å². The second-order valence-corrected chi connectivity index (χ2v) is 14.5. The molecular weight excluding hydrogens is 643 g/mol. The van der Waals surface area contributed by atoms with E-state index in [-0.39, 0.29) is 0 Å². The third kappa shape index (κ3) is 3.36. The number of para-hydroxylation sites is 4. The average molecular weight is 672 g/mol.